The quantitative estimate of drug-likeness (QED) is 0.607. The lowest BCUT2D eigenvalue weighted by Crippen LogP contribution is -2.22. The van der Waals surface area contributed by atoms with Crippen molar-refractivity contribution in [3.63, 3.8) is 0 Å². The summed E-state index contributed by atoms with van der Waals surface area (Å²) in [4.78, 5) is 23.9. The van der Waals surface area contributed by atoms with Gasteiger partial charge >= 0.3 is 0 Å². The molecule has 0 radical (unpaired) electrons. The summed E-state index contributed by atoms with van der Waals surface area (Å²) in [6, 6.07) is 18.2. The van der Waals surface area contributed by atoms with Crippen molar-refractivity contribution in [2.24, 2.45) is 5.92 Å². The van der Waals surface area contributed by atoms with Gasteiger partial charge in [-0.05, 0) is 29.8 Å². The monoisotopic (exact) mass is 393 g/mol. The molecule has 2 amide bonds. The Morgan fingerprint density at radius 1 is 1.07 bits per heavy atom. The Morgan fingerprint density at radius 2 is 1.79 bits per heavy atom. The molecule has 1 aromatic heterocycles. The molecule has 0 aliphatic heterocycles. The normalized spacial score (nSPS) is 10.6. The number of ether oxygens (including phenoxy) is 1. The fourth-order valence-corrected chi connectivity index (χ4v) is 2.43. The third-order valence-electron chi connectivity index (χ3n) is 4.11. The van der Waals surface area contributed by atoms with Gasteiger partial charge in [-0.1, -0.05) is 49.3 Å². The highest BCUT2D eigenvalue weighted by Gasteiger charge is 2.13. The summed E-state index contributed by atoms with van der Waals surface area (Å²) in [5.74, 6) is 0.607. The molecule has 0 unspecified atom stereocenters. The Labute approximate surface area is 169 Å². The maximum atomic E-state index is 12.2. The molecule has 0 saturated heterocycles. The van der Waals surface area contributed by atoms with Gasteiger partial charge in [0.05, 0.1) is 0 Å². The molecular weight excluding hydrogens is 370 g/mol. The molecule has 1 heterocycles. The van der Waals surface area contributed by atoms with Crippen LogP contribution in [0.3, 0.4) is 0 Å². The van der Waals surface area contributed by atoms with E-state index in [0.717, 1.165) is 5.56 Å². The minimum absolute atomic E-state index is 0.0431. The average Bonchev–Trinajstić information content (AvgIpc) is 3.21. The van der Waals surface area contributed by atoms with E-state index in [1.807, 2.05) is 44.2 Å². The van der Waals surface area contributed by atoms with Crippen molar-refractivity contribution in [1.29, 1.82) is 0 Å². The second kappa shape index (κ2) is 9.54. The summed E-state index contributed by atoms with van der Waals surface area (Å²) < 4.78 is 10.8. The van der Waals surface area contributed by atoms with E-state index in [4.69, 9.17) is 9.26 Å². The number of rotatable bonds is 8. The minimum Gasteiger partial charge on any atom is -0.486 e. The first-order chi connectivity index (χ1) is 14.0. The zero-order valence-electron chi connectivity index (χ0n) is 16.3. The second-order valence-corrected chi connectivity index (χ2v) is 6.80. The number of benzene rings is 2. The Balaban J connectivity index is 1.48. The molecule has 0 spiro atoms. The van der Waals surface area contributed by atoms with E-state index in [-0.39, 0.29) is 30.0 Å². The molecule has 3 aromatic rings. The smallest absolute Gasteiger partial charge is 0.273 e. The lowest BCUT2D eigenvalue weighted by Gasteiger charge is -2.08. The summed E-state index contributed by atoms with van der Waals surface area (Å²) in [6.07, 6.45) is 0. The summed E-state index contributed by atoms with van der Waals surface area (Å²) in [5, 5.41) is 9.40. The second-order valence-electron chi connectivity index (χ2n) is 6.80. The van der Waals surface area contributed by atoms with E-state index in [9.17, 15) is 9.59 Å². The molecular formula is C22H23N3O4. The van der Waals surface area contributed by atoms with Crippen LogP contribution in [0, 0.1) is 5.92 Å². The van der Waals surface area contributed by atoms with Crippen molar-refractivity contribution in [2.75, 3.05) is 5.32 Å². The van der Waals surface area contributed by atoms with E-state index in [0.29, 0.717) is 23.7 Å². The molecule has 150 valence electrons. The topological polar surface area (TPSA) is 93.5 Å². The van der Waals surface area contributed by atoms with Crippen LogP contribution >= 0.6 is 0 Å². The largest absolute Gasteiger partial charge is 0.486 e. The number of amides is 2. The van der Waals surface area contributed by atoms with Crippen molar-refractivity contribution in [3.8, 4) is 5.75 Å². The van der Waals surface area contributed by atoms with E-state index < -0.39 is 0 Å². The van der Waals surface area contributed by atoms with E-state index in [1.54, 1.807) is 30.3 Å². The maximum Gasteiger partial charge on any atom is 0.273 e. The van der Waals surface area contributed by atoms with Gasteiger partial charge in [-0.3, -0.25) is 9.59 Å². The molecule has 0 fully saturated rings. The van der Waals surface area contributed by atoms with E-state index in [1.165, 1.54) is 0 Å². The van der Waals surface area contributed by atoms with Gasteiger partial charge in [-0.25, -0.2) is 0 Å². The van der Waals surface area contributed by atoms with Crippen LogP contribution in [0.25, 0.3) is 0 Å². The van der Waals surface area contributed by atoms with Crippen LogP contribution in [-0.4, -0.2) is 17.0 Å². The molecule has 0 bridgehead atoms. The van der Waals surface area contributed by atoms with Gasteiger partial charge in [0, 0.05) is 24.2 Å². The lowest BCUT2D eigenvalue weighted by atomic mass is 10.2. The zero-order valence-corrected chi connectivity index (χ0v) is 16.3. The number of hydrogen-bond acceptors (Lipinski definition) is 5. The van der Waals surface area contributed by atoms with Crippen LogP contribution in [0.1, 0.15) is 35.7 Å². The molecule has 0 atom stereocenters. The standard InChI is InChI=1S/C22H23N3O4/c1-15(2)21(26)24-17-8-10-18(11-9-17)28-14-19-12-20(25-29-19)22(27)23-13-16-6-4-3-5-7-16/h3-12,15H,13-14H2,1-2H3,(H,23,27)(H,24,26). The third-order valence-corrected chi connectivity index (χ3v) is 4.11. The maximum absolute atomic E-state index is 12.2. The first-order valence-corrected chi connectivity index (χ1v) is 9.32. The van der Waals surface area contributed by atoms with Crippen LogP contribution in [0.4, 0.5) is 5.69 Å². The highest BCUT2D eigenvalue weighted by Crippen LogP contribution is 2.18. The number of carbonyl (C=O) groups excluding carboxylic acids is 2. The third kappa shape index (κ3) is 5.93. The first-order valence-electron chi connectivity index (χ1n) is 9.32. The number of nitrogens with zero attached hydrogens (tertiary/aromatic N) is 1. The fourth-order valence-electron chi connectivity index (χ4n) is 2.43. The Bertz CT molecular complexity index is 950. The molecule has 7 nitrogen and oxygen atoms in total. The fraction of sp³-hybridized carbons (Fsp3) is 0.227. The Morgan fingerprint density at radius 3 is 2.48 bits per heavy atom. The Hall–Kier alpha value is -3.61. The van der Waals surface area contributed by atoms with Crippen LogP contribution in [0.15, 0.2) is 65.2 Å². The Kier molecular flexibility index (Phi) is 6.63. The average molecular weight is 393 g/mol. The SMILES string of the molecule is CC(C)C(=O)Nc1ccc(OCc2cc(C(=O)NCc3ccccc3)no2)cc1. The molecule has 0 saturated carbocycles. The number of carbonyl (C=O) groups is 2. The van der Waals surface area contributed by atoms with Gasteiger partial charge in [0.25, 0.3) is 5.91 Å². The minimum atomic E-state index is -0.311. The van der Waals surface area contributed by atoms with Crippen molar-refractivity contribution in [2.45, 2.75) is 27.0 Å². The predicted molar refractivity (Wildman–Crippen MR) is 108 cm³/mol. The number of aromatic nitrogens is 1. The lowest BCUT2D eigenvalue weighted by molar-refractivity contribution is -0.118. The molecule has 0 aliphatic carbocycles. The van der Waals surface area contributed by atoms with Crippen molar-refractivity contribution >= 4 is 17.5 Å². The van der Waals surface area contributed by atoms with Crippen LogP contribution in [-0.2, 0) is 17.9 Å². The summed E-state index contributed by atoms with van der Waals surface area (Å²) in [6.45, 7) is 4.22. The van der Waals surface area contributed by atoms with Crippen molar-refractivity contribution in [3.05, 3.63) is 77.7 Å². The zero-order chi connectivity index (χ0) is 20.6. The highest BCUT2D eigenvalue weighted by molar-refractivity contribution is 5.92. The van der Waals surface area contributed by atoms with Gasteiger partial charge in [0.15, 0.2) is 11.5 Å². The molecule has 2 aromatic carbocycles. The predicted octanol–water partition coefficient (Wildman–Crippen LogP) is 3.78. The number of nitrogens with one attached hydrogen (secondary N) is 2. The van der Waals surface area contributed by atoms with Crippen LogP contribution in [0.5, 0.6) is 5.75 Å². The van der Waals surface area contributed by atoms with Crippen LogP contribution < -0.4 is 15.4 Å². The van der Waals surface area contributed by atoms with Crippen molar-refractivity contribution < 1.29 is 18.8 Å². The van der Waals surface area contributed by atoms with Gasteiger partial charge in [-0.15, -0.1) is 0 Å². The number of anilines is 1. The molecule has 2 N–H and O–H groups in total. The van der Waals surface area contributed by atoms with Crippen LogP contribution in [0.2, 0.25) is 0 Å². The number of hydrogen-bond donors (Lipinski definition) is 2. The first kappa shape index (κ1) is 20.1. The molecule has 29 heavy (non-hydrogen) atoms. The molecule has 0 aliphatic rings. The summed E-state index contributed by atoms with van der Waals surface area (Å²) >= 11 is 0. The van der Waals surface area contributed by atoms with Gasteiger partial charge in [-0.2, -0.15) is 0 Å². The van der Waals surface area contributed by atoms with Gasteiger partial charge in [0.2, 0.25) is 5.91 Å². The summed E-state index contributed by atoms with van der Waals surface area (Å²) in [7, 11) is 0. The van der Waals surface area contributed by atoms with E-state index >= 15 is 0 Å². The summed E-state index contributed by atoms with van der Waals surface area (Å²) in [5.41, 5.74) is 1.90. The molecule has 3 rings (SSSR count). The molecule has 7 heteroatoms. The van der Waals surface area contributed by atoms with E-state index in [2.05, 4.69) is 15.8 Å². The highest BCUT2D eigenvalue weighted by atomic mass is 16.5. The van der Waals surface area contributed by atoms with Crippen molar-refractivity contribution in [1.82, 2.24) is 10.5 Å². The van der Waals surface area contributed by atoms with Gasteiger partial charge in [0.1, 0.15) is 12.4 Å². The van der Waals surface area contributed by atoms with Gasteiger partial charge < -0.3 is 19.9 Å².